The molecule has 0 aromatic carbocycles. The summed E-state index contributed by atoms with van der Waals surface area (Å²) in [5, 5.41) is 0. The lowest BCUT2D eigenvalue weighted by atomic mass is 10.1. The predicted octanol–water partition coefficient (Wildman–Crippen LogP) is 2.31. The highest BCUT2D eigenvalue weighted by Gasteiger charge is 1.97. The van der Waals surface area contributed by atoms with Crippen LogP contribution in [0.1, 0.15) is 31.0 Å². The summed E-state index contributed by atoms with van der Waals surface area (Å²) < 4.78 is 0. The summed E-state index contributed by atoms with van der Waals surface area (Å²) in [4.78, 5) is 4.29. The van der Waals surface area contributed by atoms with Crippen molar-refractivity contribution in [1.29, 1.82) is 0 Å². The number of rotatable bonds is 3. The smallest absolute Gasteiger partial charge is 0.126 e. The zero-order chi connectivity index (χ0) is 8.97. The van der Waals surface area contributed by atoms with E-state index < -0.39 is 0 Å². The number of nitrogen functional groups attached to an aromatic ring is 1. The number of aryl methyl sites for hydroxylation is 2. The molecule has 1 aromatic heterocycles. The van der Waals surface area contributed by atoms with Crippen molar-refractivity contribution in [2.24, 2.45) is 0 Å². The van der Waals surface area contributed by atoms with Crippen LogP contribution in [-0.2, 0) is 6.42 Å². The molecule has 1 aromatic rings. The van der Waals surface area contributed by atoms with E-state index in [-0.39, 0.29) is 0 Å². The van der Waals surface area contributed by atoms with Gasteiger partial charge in [0.1, 0.15) is 5.82 Å². The summed E-state index contributed by atoms with van der Waals surface area (Å²) in [6.07, 6.45) is 3.44. The Morgan fingerprint density at radius 2 is 2.17 bits per heavy atom. The predicted molar refractivity (Wildman–Crippen MR) is 52.0 cm³/mol. The topological polar surface area (TPSA) is 38.9 Å². The Bertz CT molecular complexity index is 256. The van der Waals surface area contributed by atoms with E-state index in [2.05, 4.69) is 18.0 Å². The number of anilines is 1. The lowest BCUT2D eigenvalue weighted by Crippen LogP contribution is -1.98. The highest BCUT2D eigenvalue weighted by atomic mass is 14.8. The van der Waals surface area contributed by atoms with Crippen LogP contribution in [0.3, 0.4) is 0 Å². The van der Waals surface area contributed by atoms with Crippen LogP contribution in [0.4, 0.5) is 5.82 Å². The minimum Gasteiger partial charge on any atom is -0.383 e. The van der Waals surface area contributed by atoms with Gasteiger partial charge in [0.15, 0.2) is 0 Å². The normalized spacial score (nSPS) is 10.2. The molecule has 2 nitrogen and oxygen atoms in total. The highest BCUT2D eigenvalue weighted by molar-refractivity contribution is 5.38. The van der Waals surface area contributed by atoms with Crippen LogP contribution in [0, 0.1) is 6.92 Å². The standard InChI is InChI=1S/C10H16N2/c1-3-4-5-9-7-6-8(2)10(11)12-9/h6-7H,3-5H2,1-2H3,(H2,11,12). The molecule has 66 valence electrons. The van der Waals surface area contributed by atoms with E-state index in [1.807, 2.05) is 13.0 Å². The lowest BCUT2D eigenvalue weighted by molar-refractivity contribution is 0.777. The first-order valence-electron chi connectivity index (χ1n) is 4.46. The molecule has 1 rings (SSSR count). The summed E-state index contributed by atoms with van der Waals surface area (Å²) in [7, 11) is 0. The number of nitrogens with two attached hydrogens (primary N) is 1. The number of unbranched alkanes of at least 4 members (excludes halogenated alkanes) is 1. The van der Waals surface area contributed by atoms with E-state index in [4.69, 9.17) is 5.73 Å². The number of hydrogen-bond donors (Lipinski definition) is 1. The van der Waals surface area contributed by atoms with Gasteiger partial charge in [0.2, 0.25) is 0 Å². The molecule has 0 fully saturated rings. The Labute approximate surface area is 73.8 Å². The molecule has 1 heterocycles. The van der Waals surface area contributed by atoms with Gasteiger partial charge < -0.3 is 5.73 Å². The number of aromatic nitrogens is 1. The maximum Gasteiger partial charge on any atom is 0.126 e. The SMILES string of the molecule is CCCCc1ccc(C)c(N)n1. The van der Waals surface area contributed by atoms with Crippen molar-refractivity contribution in [3.8, 4) is 0 Å². The molecular weight excluding hydrogens is 148 g/mol. The van der Waals surface area contributed by atoms with Crippen molar-refractivity contribution >= 4 is 5.82 Å². The summed E-state index contributed by atoms with van der Waals surface area (Å²) in [6.45, 7) is 4.16. The molecule has 2 heteroatoms. The van der Waals surface area contributed by atoms with Crippen LogP contribution in [0.25, 0.3) is 0 Å². The first-order chi connectivity index (χ1) is 5.74. The molecule has 0 aliphatic rings. The largest absolute Gasteiger partial charge is 0.383 e. The molecule has 0 spiro atoms. The van der Waals surface area contributed by atoms with Gasteiger partial charge in [0, 0.05) is 5.69 Å². The van der Waals surface area contributed by atoms with E-state index in [0.29, 0.717) is 5.82 Å². The van der Waals surface area contributed by atoms with Gasteiger partial charge in [-0.15, -0.1) is 0 Å². The van der Waals surface area contributed by atoms with E-state index in [1.165, 1.54) is 12.8 Å². The van der Waals surface area contributed by atoms with E-state index >= 15 is 0 Å². The maximum atomic E-state index is 5.68. The molecule has 0 aliphatic carbocycles. The van der Waals surface area contributed by atoms with Crippen LogP contribution >= 0.6 is 0 Å². The molecule has 0 saturated carbocycles. The highest BCUT2D eigenvalue weighted by Crippen LogP contribution is 2.09. The van der Waals surface area contributed by atoms with Gasteiger partial charge in [-0.2, -0.15) is 0 Å². The Balaban J connectivity index is 2.69. The van der Waals surface area contributed by atoms with Crippen LogP contribution in [0.5, 0.6) is 0 Å². The third kappa shape index (κ3) is 2.22. The fraction of sp³-hybridized carbons (Fsp3) is 0.500. The van der Waals surface area contributed by atoms with Crippen LogP contribution in [0.15, 0.2) is 12.1 Å². The number of hydrogen-bond acceptors (Lipinski definition) is 2. The minimum absolute atomic E-state index is 0.670. The van der Waals surface area contributed by atoms with Crippen molar-refractivity contribution in [3.05, 3.63) is 23.4 Å². The summed E-state index contributed by atoms with van der Waals surface area (Å²) >= 11 is 0. The molecule has 0 unspecified atom stereocenters. The average molecular weight is 164 g/mol. The second kappa shape index (κ2) is 4.10. The quantitative estimate of drug-likeness (QED) is 0.744. The molecule has 2 N–H and O–H groups in total. The minimum atomic E-state index is 0.670. The summed E-state index contributed by atoms with van der Waals surface area (Å²) in [5.41, 5.74) is 7.86. The molecule has 0 bridgehead atoms. The van der Waals surface area contributed by atoms with Crippen molar-refractivity contribution in [3.63, 3.8) is 0 Å². The van der Waals surface area contributed by atoms with Gasteiger partial charge in [-0.1, -0.05) is 19.4 Å². The third-order valence-corrected chi connectivity index (χ3v) is 1.98. The molecule has 12 heavy (non-hydrogen) atoms. The van der Waals surface area contributed by atoms with Gasteiger partial charge in [0.05, 0.1) is 0 Å². The number of pyridine rings is 1. The van der Waals surface area contributed by atoms with Crippen LogP contribution < -0.4 is 5.73 Å². The molecule has 0 saturated heterocycles. The van der Waals surface area contributed by atoms with Gasteiger partial charge in [0.25, 0.3) is 0 Å². The summed E-state index contributed by atoms with van der Waals surface area (Å²) in [6, 6.07) is 4.09. The van der Waals surface area contributed by atoms with Crippen molar-refractivity contribution < 1.29 is 0 Å². The molecule has 0 amide bonds. The van der Waals surface area contributed by atoms with Gasteiger partial charge >= 0.3 is 0 Å². The number of nitrogens with zero attached hydrogens (tertiary/aromatic N) is 1. The Morgan fingerprint density at radius 1 is 1.42 bits per heavy atom. The van der Waals surface area contributed by atoms with Gasteiger partial charge in [-0.3, -0.25) is 0 Å². The van der Waals surface area contributed by atoms with Crippen molar-refractivity contribution in [2.45, 2.75) is 33.1 Å². The molecular formula is C10H16N2. The second-order valence-electron chi connectivity index (χ2n) is 3.11. The first kappa shape index (κ1) is 9.04. The van der Waals surface area contributed by atoms with Gasteiger partial charge in [-0.25, -0.2) is 4.98 Å². The molecule has 0 aliphatic heterocycles. The third-order valence-electron chi connectivity index (χ3n) is 1.98. The first-order valence-corrected chi connectivity index (χ1v) is 4.46. The Hall–Kier alpha value is -1.05. The maximum absolute atomic E-state index is 5.68. The Morgan fingerprint density at radius 3 is 2.75 bits per heavy atom. The second-order valence-corrected chi connectivity index (χ2v) is 3.11. The van der Waals surface area contributed by atoms with Crippen molar-refractivity contribution in [2.75, 3.05) is 5.73 Å². The van der Waals surface area contributed by atoms with E-state index in [0.717, 1.165) is 17.7 Å². The fourth-order valence-corrected chi connectivity index (χ4v) is 1.08. The van der Waals surface area contributed by atoms with Crippen molar-refractivity contribution in [1.82, 2.24) is 4.98 Å². The molecule has 0 radical (unpaired) electrons. The zero-order valence-corrected chi connectivity index (χ0v) is 7.80. The van der Waals surface area contributed by atoms with E-state index in [9.17, 15) is 0 Å². The molecule has 0 atom stereocenters. The van der Waals surface area contributed by atoms with Crippen LogP contribution in [0.2, 0.25) is 0 Å². The monoisotopic (exact) mass is 164 g/mol. The van der Waals surface area contributed by atoms with Crippen LogP contribution in [-0.4, -0.2) is 4.98 Å². The zero-order valence-electron chi connectivity index (χ0n) is 7.80. The van der Waals surface area contributed by atoms with E-state index in [1.54, 1.807) is 0 Å². The fourth-order valence-electron chi connectivity index (χ4n) is 1.08. The Kier molecular flexibility index (Phi) is 3.09. The lowest BCUT2D eigenvalue weighted by Gasteiger charge is -2.02. The summed E-state index contributed by atoms with van der Waals surface area (Å²) in [5.74, 6) is 0.670. The average Bonchev–Trinajstić information content (AvgIpc) is 2.07. The van der Waals surface area contributed by atoms with Gasteiger partial charge in [-0.05, 0) is 31.4 Å².